The molecule has 1 aromatic carbocycles. The monoisotopic (exact) mass is 309 g/mol. The number of nitrogens with one attached hydrogen (secondary N) is 1. The van der Waals surface area contributed by atoms with Gasteiger partial charge < -0.3 is 16.3 Å². The number of benzene rings is 1. The fraction of sp³-hybridized carbons (Fsp3) is 0.0769. The zero-order chi connectivity index (χ0) is 14.5. The number of halogens is 1. The van der Waals surface area contributed by atoms with Gasteiger partial charge in [0.15, 0.2) is 5.84 Å². The summed E-state index contributed by atoms with van der Waals surface area (Å²) < 4.78 is 0.523. The second kappa shape index (κ2) is 6.40. The highest BCUT2D eigenvalue weighted by Gasteiger charge is 2.20. The van der Waals surface area contributed by atoms with Gasteiger partial charge in [-0.15, -0.1) is 11.3 Å². The number of hydrogen-bond donors (Lipinski definition) is 3. The van der Waals surface area contributed by atoms with E-state index < -0.39 is 6.04 Å². The maximum Gasteiger partial charge on any atom is 0.262 e. The Kier molecular flexibility index (Phi) is 4.60. The highest BCUT2D eigenvalue weighted by atomic mass is 35.5. The number of rotatable bonds is 4. The molecule has 0 spiro atoms. The van der Waals surface area contributed by atoms with Crippen LogP contribution in [0.3, 0.4) is 0 Å². The maximum atomic E-state index is 12.1. The zero-order valence-corrected chi connectivity index (χ0v) is 11.9. The van der Waals surface area contributed by atoms with E-state index in [0.29, 0.717) is 9.21 Å². The van der Waals surface area contributed by atoms with Crippen molar-refractivity contribution in [2.45, 2.75) is 6.04 Å². The molecule has 0 bridgehead atoms. The molecule has 104 valence electrons. The SMILES string of the molecule is NC(=NO)C(NC(=O)c1ccc(Cl)s1)c1ccccc1. The lowest BCUT2D eigenvalue weighted by molar-refractivity contribution is 0.0950. The van der Waals surface area contributed by atoms with Crippen LogP contribution in [0.4, 0.5) is 0 Å². The molecule has 2 aromatic rings. The molecular weight excluding hydrogens is 298 g/mol. The number of nitrogens with zero attached hydrogens (tertiary/aromatic N) is 1. The molecule has 1 aromatic heterocycles. The van der Waals surface area contributed by atoms with Gasteiger partial charge in [0.1, 0.15) is 6.04 Å². The fourth-order valence-electron chi connectivity index (χ4n) is 1.67. The summed E-state index contributed by atoms with van der Waals surface area (Å²) in [6.45, 7) is 0. The molecule has 7 heteroatoms. The molecule has 0 aliphatic carbocycles. The Bertz CT molecular complexity index is 628. The third kappa shape index (κ3) is 3.28. The van der Waals surface area contributed by atoms with Gasteiger partial charge in [0.2, 0.25) is 0 Å². The predicted molar refractivity (Wildman–Crippen MR) is 79.4 cm³/mol. The van der Waals surface area contributed by atoms with E-state index in [0.717, 1.165) is 16.9 Å². The van der Waals surface area contributed by atoms with E-state index in [2.05, 4.69) is 10.5 Å². The lowest BCUT2D eigenvalue weighted by Crippen LogP contribution is -2.37. The first-order valence-corrected chi connectivity index (χ1v) is 6.90. The minimum absolute atomic E-state index is 0.0906. The summed E-state index contributed by atoms with van der Waals surface area (Å²) in [6, 6.07) is 11.6. The second-order valence-corrected chi connectivity index (χ2v) is 5.66. The van der Waals surface area contributed by atoms with Crippen LogP contribution in [0.15, 0.2) is 47.6 Å². The van der Waals surface area contributed by atoms with Gasteiger partial charge in [0.25, 0.3) is 5.91 Å². The summed E-state index contributed by atoms with van der Waals surface area (Å²) in [5.74, 6) is -0.422. The number of oxime groups is 1. The van der Waals surface area contributed by atoms with Crippen LogP contribution in [0, 0.1) is 0 Å². The molecule has 5 nitrogen and oxygen atoms in total. The van der Waals surface area contributed by atoms with Gasteiger partial charge in [-0.05, 0) is 17.7 Å². The Hall–Kier alpha value is -2.05. The molecule has 2 rings (SSSR count). The number of amidine groups is 1. The van der Waals surface area contributed by atoms with Crippen molar-refractivity contribution in [2.24, 2.45) is 10.9 Å². The van der Waals surface area contributed by atoms with Gasteiger partial charge in [-0.2, -0.15) is 0 Å². The normalized spacial score (nSPS) is 12.9. The topological polar surface area (TPSA) is 87.7 Å². The van der Waals surface area contributed by atoms with Crippen LogP contribution in [0.1, 0.15) is 21.3 Å². The Morgan fingerprint density at radius 2 is 2.00 bits per heavy atom. The van der Waals surface area contributed by atoms with Crippen molar-refractivity contribution < 1.29 is 10.0 Å². The van der Waals surface area contributed by atoms with Crippen LogP contribution in [0.25, 0.3) is 0 Å². The van der Waals surface area contributed by atoms with Crippen LogP contribution in [0.5, 0.6) is 0 Å². The first-order chi connectivity index (χ1) is 9.61. The van der Waals surface area contributed by atoms with E-state index in [1.165, 1.54) is 0 Å². The number of hydrogen-bond acceptors (Lipinski definition) is 4. The van der Waals surface area contributed by atoms with Crippen molar-refractivity contribution in [3.63, 3.8) is 0 Å². The second-order valence-electron chi connectivity index (χ2n) is 3.95. The number of carbonyl (C=O) groups excluding carboxylic acids is 1. The number of amides is 1. The van der Waals surface area contributed by atoms with Crippen LogP contribution in [-0.4, -0.2) is 17.0 Å². The smallest absolute Gasteiger partial charge is 0.262 e. The molecule has 0 aliphatic rings. The molecule has 1 atom stereocenters. The Balaban J connectivity index is 2.23. The molecule has 0 aliphatic heterocycles. The van der Waals surface area contributed by atoms with Crippen molar-refractivity contribution in [3.05, 3.63) is 57.2 Å². The number of nitrogens with two attached hydrogens (primary N) is 1. The largest absolute Gasteiger partial charge is 0.409 e. The highest BCUT2D eigenvalue weighted by Crippen LogP contribution is 2.22. The number of thiophene rings is 1. The van der Waals surface area contributed by atoms with E-state index in [4.69, 9.17) is 22.5 Å². The molecule has 4 N–H and O–H groups in total. The van der Waals surface area contributed by atoms with Crippen LogP contribution in [0.2, 0.25) is 4.34 Å². The van der Waals surface area contributed by atoms with E-state index in [-0.39, 0.29) is 11.7 Å². The average Bonchev–Trinajstić information content (AvgIpc) is 2.91. The van der Waals surface area contributed by atoms with E-state index >= 15 is 0 Å². The summed E-state index contributed by atoms with van der Waals surface area (Å²) in [7, 11) is 0. The van der Waals surface area contributed by atoms with Gasteiger partial charge in [0.05, 0.1) is 9.21 Å². The fourth-order valence-corrected chi connectivity index (χ4v) is 2.62. The average molecular weight is 310 g/mol. The zero-order valence-electron chi connectivity index (χ0n) is 10.3. The van der Waals surface area contributed by atoms with Crippen molar-refractivity contribution in [1.29, 1.82) is 0 Å². The first kappa shape index (κ1) is 14.4. The lowest BCUT2D eigenvalue weighted by atomic mass is 10.1. The third-order valence-corrected chi connectivity index (χ3v) is 3.85. The van der Waals surface area contributed by atoms with E-state index in [1.54, 1.807) is 36.4 Å². The van der Waals surface area contributed by atoms with E-state index in [1.807, 2.05) is 6.07 Å². The summed E-state index contributed by atoms with van der Waals surface area (Å²) in [4.78, 5) is 12.6. The Morgan fingerprint density at radius 3 is 2.55 bits per heavy atom. The molecule has 0 saturated heterocycles. The summed E-state index contributed by atoms with van der Waals surface area (Å²) in [5.41, 5.74) is 6.36. The highest BCUT2D eigenvalue weighted by molar-refractivity contribution is 7.18. The van der Waals surface area contributed by atoms with Crippen molar-refractivity contribution in [2.75, 3.05) is 0 Å². The predicted octanol–water partition coefficient (Wildman–Crippen LogP) is 2.62. The van der Waals surface area contributed by atoms with Crippen molar-refractivity contribution in [1.82, 2.24) is 5.32 Å². The quantitative estimate of drug-likeness (QED) is 0.351. The molecule has 1 unspecified atom stereocenters. The van der Waals surface area contributed by atoms with Gasteiger partial charge in [-0.3, -0.25) is 4.79 Å². The van der Waals surface area contributed by atoms with Gasteiger partial charge in [-0.25, -0.2) is 0 Å². The molecule has 1 amide bonds. The molecular formula is C13H12ClN3O2S. The minimum Gasteiger partial charge on any atom is -0.409 e. The third-order valence-electron chi connectivity index (χ3n) is 2.62. The Morgan fingerprint density at radius 1 is 1.30 bits per heavy atom. The molecule has 0 fully saturated rings. The maximum absolute atomic E-state index is 12.1. The van der Waals surface area contributed by atoms with Gasteiger partial charge in [-0.1, -0.05) is 47.1 Å². The lowest BCUT2D eigenvalue weighted by Gasteiger charge is -2.17. The molecule has 0 radical (unpaired) electrons. The minimum atomic E-state index is -0.699. The standard InChI is InChI=1S/C13H12ClN3O2S/c14-10-7-6-9(20-10)13(18)16-11(12(15)17-19)8-4-2-1-3-5-8/h1-7,11,19H,(H2,15,17)(H,16,18). The first-order valence-electron chi connectivity index (χ1n) is 5.70. The van der Waals surface area contributed by atoms with Crippen LogP contribution < -0.4 is 11.1 Å². The van der Waals surface area contributed by atoms with Crippen molar-refractivity contribution in [3.8, 4) is 0 Å². The van der Waals surface area contributed by atoms with Gasteiger partial charge in [0, 0.05) is 0 Å². The number of carbonyl (C=O) groups is 1. The van der Waals surface area contributed by atoms with Crippen molar-refractivity contribution >= 4 is 34.7 Å². The van der Waals surface area contributed by atoms with Crippen LogP contribution in [-0.2, 0) is 0 Å². The van der Waals surface area contributed by atoms with Crippen LogP contribution >= 0.6 is 22.9 Å². The molecule has 0 saturated carbocycles. The molecule has 20 heavy (non-hydrogen) atoms. The molecule has 1 heterocycles. The summed E-state index contributed by atoms with van der Waals surface area (Å²) in [6.07, 6.45) is 0. The van der Waals surface area contributed by atoms with E-state index in [9.17, 15) is 4.79 Å². The van der Waals surface area contributed by atoms with Gasteiger partial charge >= 0.3 is 0 Å². The summed E-state index contributed by atoms with van der Waals surface area (Å²) in [5, 5.41) is 14.5. The Labute approximate surface area is 124 Å². The summed E-state index contributed by atoms with van der Waals surface area (Å²) >= 11 is 6.96.